The van der Waals surface area contributed by atoms with Gasteiger partial charge in [0.2, 0.25) is 0 Å². The van der Waals surface area contributed by atoms with Gasteiger partial charge in [0.15, 0.2) is 5.92 Å². The van der Waals surface area contributed by atoms with Crippen LogP contribution in [0.25, 0.3) is 0 Å². The quantitative estimate of drug-likeness (QED) is 0.208. The summed E-state index contributed by atoms with van der Waals surface area (Å²) in [6, 6.07) is 0. The summed E-state index contributed by atoms with van der Waals surface area (Å²) in [4.78, 5) is 31.8. The van der Waals surface area contributed by atoms with Crippen molar-refractivity contribution in [2.45, 2.75) is 26.7 Å². The maximum atomic E-state index is 11.4. The van der Waals surface area contributed by atoms with Crippen molar-refractivity contribution in [1.82, 2.24) is 0 Å². The van der Waals surface area contributed by atoms with E-state index >= 15 is 0 Å². The van der Waals surface area contributed by atoms with Crippen molar-refractivity contribution in [1.29, 1.82) is 0 Å². The maximum Gasteiger partial charge on any atom is 0.356 e. The SMILES string of the molecule is C=CCCC(C(=O)OCC)C(=O)OOCC. The summed E-state index contributed by atoms with van der Waals surface area (Å²) in [7, 11) is 0. The van der Waals surface area contributed by atoms with Gasteiger partial charge < -0.3 is 4.74 Å². The van der Waals surface area contributed by atoms with E-state index < -0.39 is 17.9 Å². The lowest BCUT2D eigenvalue weighted by Crippen LogP contribution is -2.28. The van der Waals surface area contributed by atoms with Crippen LogP contribution in [0.5, 0.6) is 0 Å². The lowest BCUT2D eigenvalue weighted by atomic mass is 10.0. The van der Waals surface area contributed by atoms with E-state index in [1.807, 2.05) is 0 Å². The van der Waals surface area contributed by atoms with Crippen LogP contribution >= 0.6 is 0 Å². The molecule has 0 N–H and O–H groups in total. The molecule has 0 aromatic heterocycles. The molecule has 0 aliphatic carbocycles. The van der Waals surface area contributed by atoms with Gasteiger partial charge in [-0.05, 0) is 26.7 Å². The molecule has 0 heterocycles. The maximum absolute atomic E-state index is 11.4. The van der Waals surface area contributed by atoms with Crippen molar-refractivity contribution in [2.75, 3.05) is 13.2 Å². The second kappa shape index (κ2) is 8.91. The fourth-order valence-corrected chi connectivity index (χ4v) is 1.03. The molecule has 0 fully saturated rings. The van der Waals surface area contributed by atoms with Gasteiger partial charge in [-0.3, -0.25) is 9.68 Å². The number of ether oxygens (including phenoxy) is 1. The number of carbonyl (C=O) groups is 2. The van der Waals surface area contributed by atoms with Crippen LogP contribution in [0.1, 0.15) is 26.7 Å². The van der Waals surface area contributed by atoms with Gasteiger partial charge in [0.25, 0.3) is 0 Å². The number of hydrogen-bond donors (Lipinski definition) is 0. The van der Waals surface area contributed by atoms with Crippen molar-refractivity contribution in [3.63, 3.8) is 0 Å². The largest absolute Gasteiger partial charge is 0.465 e. The standard InChI is InChI=1S/C11H18O5/c1-4-7-8-9(10(12)14-5-2)11(13)16-15-6-3/h4,9H,1,5-8H2,2-3H3. The van der Waals surface area contributed by atoms with E-state index in [9.17, 15) is 9.59 Å². The molecule has 16 heavy (non-hydrogen) atoms. The molecule has 5 heteroatoms. The predicted molar refractivity (Wildman–Crippen MR) is 57.3 cm³/mol. The Hall–Kier alpha value is -1.36. The first-order chi connectivity index (χ1) is 7.67. The molecule has 1 atom stereocenters. The summed E-state index contributed by atoms with van der Waals surface area (Å²) >= 11 is 0. The van der Waals surface area contributed by atoms with Crippen LogP contribution in [0.4, 0.5) is 0 Å². The Morgan fingerprint density at radius 1 is 1.25 bits per heavy atom. The zero-order valence-electron chi connectivity index (χ0n) is 9.73. The highest BCUT2D eigenvalue weighted by Crippen LogP contribution is 2.12. The van der Waals surface area contributed by atoms with Gasteiger partial charge >= 0.3 is 11.9 Å². The zero-order valence-corrected chi connectivity index (χ0v) is 9.73. The highest BCUT2D eigenvalue weighted by Gasteiger charge is 2.29. The van der Waals surface area contributed by atoms with Crippen LogP contribution in [0, 0.1) is 5.92 Å². The van der Waals surface area contributed by atoms with E-state index in [4.69, 9.17) is 4.74 Å². The first-order valence-corrected chi connectivity index (χ1v) is 5.28. The molecule has 92 valence electrons. The first kappa shape index (κ1) is 14.6. The van der Waals surface area contributed by atoms with Crippen molar-refractivity contribution < 1.29 is 24.1 Å². The number of rotatable bonds is 8. The molecule has 0 bridgehead atoms. The number of allylic oxidation sites excluding steroid dienone is 1. The lowest BCUT2D eigenvalue weighted by Gasteiger charge is -2.12. The fraction of sp³-hybridized carbons (Fsp3) is 0.636. The van der Waals surface area contributed by atoms with E-state index in [0.29, 0.717) is 12.8 Å². The Labute approximate surface area is 95.3 Å². The van der Waals surface area contributed by atoms with Crippen molar-refractivity contribution in [3.05, 3.63) is 12.7 Å². The molecule has 0 rings (SSSR count). The molecule has 0 aliphatic rings. The van der Waals surface area contributed by atoms with Gasteiger partial charge in [-0.15, -0.1) is 6.58 Å². The van der Waals surface area contributed by atoms with Crippen molar-refractivity contribution >= 4 is 11.9 Å². The normalized spacial score (nSPS) is 11.6. The molecule has 0 saturated heterocycles. The minimum atomic E-state index is -0.940. The molecule has 1 unspecified atom stereocenters. The summed E-state index contributed by atoms with van der Waals surface area (Å²) in [5.41, 5.74) is 0. The van der Waals surface area contributed by atoms with Crippen molar-refractivity contribution in [3.8, 4) is 0 Å². The van der Waals surface area contributed by atoms with Gasteiger partial charge in [0, 0.05) is 0 Å². The second-order valence-electron chi connectivity index (χ2n) is 2.98. The van der Waals surface area contributed by atoms with Crippen molar-refractivity contribution in [2.24, 2.45) is 5.92 Å². The average molecular weight is 230 g/mol. The highest BCUT2D eigenvalue weighted by molar-refractivity contribution is 5.94. The summed E-state index contributed by atoms with van der Waals surface area (Å²) in [6.07, 6.45) is 2.47. The van der Waals surface area contributed by atoms with E-state index in [1.165, 1.54) is 0 Å². The van der Waals surface area contributed by atoms with Gasteiger partial charge in [0.05, 0.1) is 13.2 Å². The zero-order chi connectivity index (χ0) is 12.4. The Morgan fingerprint density at radius 2 is 1.94 bits per heavy atom. The van der Waals surface area contributed by atoms with Gasteiger partial charge in [-0.1, -0.05) is 6.08 Å². The summed E-state index contributed by atoms with van der Waals surface area (Å²) in [5, 5.41) is 0. The molecule has 0 saturated carbocycles. The molecule has 0 aromatic rings. The Balaban J connectivity index is 4.33. The molecular weight excluding hydrogens is 212 g/mol. The predicted octanol–water partition coefficient (Wildman–Crippen LogP) is 1.63. The Bertz CT molecular complexity index is 237. The molecule has 0 aromatic carbocycles. The highest BCUT2D eigenvalue weighted by atomic mass is 17.2. The topological polar surface area (TPSA) is 61.8 Å². The van der Waals surface area contributed by atoms with Crippen LogP contribution in [0.15, 0.2) is 12.7 Å². The third kappa shape index (κ3) is 5.50. The van der Waals surface area contributed by atoms with Gasteiger partial charge in [0.1, 0.15) is 0 Å². The van der Waals surface area contributed by atoms with Crippen LogP contribution in [0.2, 0.25) is 0 Å². The summed E-state index contributed by atoms with van der Waals surface area (Å²) < 4.78 is 4.77. The van der Waals surface area contributed by atoms with E-state index in [2.05, 4.69) is 16.4 Å². The lowest BCUT2D eigenvalue weighted by molar-refractivity contribution is -0.273. The van der Waals surface area contributed by atoms with Gasteiger partial charge in [-0.2, -0.15) is 4.89 Å². The molecular formula is C11H18O5. The number of hydrogen-bond acceptors (Lipinski definition) is 5. The summed E-state index contributed by atoms with van der Waals surface area (Å²) in [5.74, 6) is -2.25. The Morgan fingerprint density at radius 3 is 2.44 bits per heavy atom. The first-order valence-electron chi connectivity index (χ1n) is 5.28. The minimum Gasteiger partial charge on any atom is -0.465 e. The number of esters is 1. The fourth-order valence-electron chi connectivity index (χ4n) is 1.03. The van der Waals surface area contributed by atoms with E-state index in [1.54, 1.807) is 19.9 Å². The molecule has 0 radical (unpaired) electrons. The third-order valence-electron chi connectivity index (χ3n) is 1.77. The number of carbonyl (C=O) groups excluding carboxylic acids is 2. The van der Waals surface area contributed by atoms with Crippen LogP contribution in [0.3, 0.4) is 0 Å². The Kier molecular flexibility index (Phi) is 8.15. The third-order valence-corrected chi connectivity index (χ3v) is 1.77. The minimum absolute atomic E-state index is 0.228. The van der Waals surface area contributed by atoms with Crippen LogP contribution < -0.4 is 0 Å². The second-order valence-corrected chi connectivity index (χ2v) is 2.98. The molecule has 0 spiro atoms. The van der Waals surface area contributed by atoms with Gasteiger partial charge in [-0.25, -0.2) is 4.79 Å². The smallest absolute Gasteiger partial charge is 0.356 e. The molecule has 0 aliphatic heterocycles. The summed E-state index contributed by atoms with van der Waals surface area (Å²) in [6.45, 7) is 7.34. The molecule has 5 nitrogen and oxygen atoms in total. The monoisotopic (exact) mass is 230 g/mol. The van der Waals surface area contributed by atoms with Crippen LogP contribution in [-0.4, -0.2) is 25.2 Å². The van der Waals surface area contributed by atoms with Crippen LogP contribution in [-0.2, 0) is 24.1 Å². The van der Waals surface area contributed by atoms with E-state index in [-0.39, 0.29) is 13.2 Å². The van der Waals surface area contributed by atoms with E-state index in [0.717, 1.165) is 0 Å². The molecule has 0 amide bonds. The average Bonchev–Trinajstić information content (AvgIpc) is 2.27.